The molecule has 3 aromatic rings. The van der Waals surface area contributed by atoms with Crippen LogP contribution in [-0.2, 0) is 25.9 Å². The SMILES string of the molecule is C[C@H](CN1CCc2ccccc2C1)n1cnc2sc3c(c2c1=O)CCNC3. The van der Waals surface area contributed by atoms with E-state index in [0.717, 1.165) is 55.8 Å². The minimum Gasteiger partial charge on any atom is -0.312 e. The lowest BCUT2D eigenvalue weighted by atomic mass is 9.99. The third kappa shape index (κ3) is 3.02. The molecule has 0 saturated heterocycles. The largest absolute Gasteiger partial charge is 0.312 e. The van der Waals surface area contributed by atoms with Crippen LogP contribution in [0.3, 0.4) is 0 Å². The van der Waals surface area contributed by atoms with Crippen LogP contribution < -0.4 is 10.9 Å². The molecule has 6 heteroatoms. The van der Waals surface area contributed by atoms with Crippen molar-refractivity contribution in [3.63, 3.8) is 0 Å². The van der Waals surface area contributed by atoms with Crippen LogP contribution in [0.2, 0.25) is 0 Å². The maximum absolute atomic E-state index is 13.2. The van der Waals surface area contributed by atoms with Crippen LogP contribution in [0.25, 0.3) is 10.2 Å². The predicted molar refractivity (Wildman–Crippen MR) is 109 cm³/mol. The molecule has 0 radical (unpaired) electrons. The Morgan fingerprint density at radius 2 is 2.11 bits per heavy atom. The van der Waals surface area contributed by atoms with Crippen LogP contribution in [0.4, 0.5) is 0 Å². The zero-order valence-corrected chi connectivity index (χ0v) is 16.4. The molecule has 0 bridgehead atoms. The van der Waals surface area contributed by atoms with Gasteiger partial charge in [-0.15, -0.1) is 11.3 Å². The Kier molecular flexibility index (Phi) is 4.34. The summed E-state index contributed by atoms with van der Waals surface area (Å²) in [5, 5.41) is 4.24. The maximum Gasteiger partial charge on any atom is 0.262 e. The lowest BCUT2D eigenvalue weighted by molar-refractivity contribution is 0.219. The number of benzene rings is 1. The first kappa shape index (κ1) is 17.1. The van der Waals surface area contributed by atoms with Crippen molar-refractivity contribution in [3.8, 4) is 0 Å². The van der Waals surface area contributed by atoms with Crippen molar-refractivity contribution in [2.24, 2.45) is 0 Å². The number of thiophene rings is 1. The van der Waals surface area contributed by atoms with Crippen LogP contribution in [0.15, 0.2) is 35.4 Å². The molecule has 0 fully saturated rings. The van der Waals surface area contributed by atoms with Gasteiger partial charge in [0.15, 0.2) is 0 Å². The Bertz CT molecular complexity index is 1050. The summed E-state index contributed by atoms with van der Waals surface area (Å²) in [7, 11) is 0. The molecule has 2 aliphatic heterocycles. The second-order valence-corrected chi connectivity index (χ2v) is 8.75. The van der Waals surface area contributed by atoms with Gasteiger partial charge >= 0.3 is 0 Å². The van der Waals surface area contributed by atoms with E-state index in [2.05, 4.69) is 46.4 Å². The van der Waals surface area contributed by atoms with E-state index in [9.17, 15) is 4.79 Å². The van der Waals surface area contributed by atoms with Gasteiger partial charge in [0.2, 0.25) is 0 Å². The van der Waals surface area contributed by atoms with Gasteiger partial charge in [0, 0.05) is 37.1 Å². The summed E-state index contributed by atoms with van der Waals surface area (Å²) < 4.78 is 1.85. The van der Waals surface area contributed by atoms with Crippen LogP contribution in [0.1, 0.15) is 34.5 Å². The molecule has 1 N–H and O–H groups in total. The van der Waals surface area contributed by atoms with E-state index in [4.69, 9.17) is 0 Å². The highest BCUT2D eigenvalue weighted by Gasteiger charge is 2.23. The van der Waals surface area contributed by atoms with Gasteiger partial charge in [0.05, 0.1) is 11.7 Å². The summed E-state index contributed by atoms with van der Waals surface area (Å²) in [4.78, 5) is 22.5. The van der Waals surface area contributed by atoms with Gasteiger partial charge in [-0.2, -0.15) is 0 Å². The number of nitrogens with one attached hydrogen (secondary N) is 1. The van der Waals surface area contributed by atoms with E-state index in [1.54, 1.807) is 17.7 Å². The number of aromatic nitrogens is 2. The smallest absolute Gasteiger partial charge is 0.262 e. The van der Waals surface area contributed by atoms with E-state index >= 15 is 0 Å². The van der Waals surface area contributed by atoms with Gasteiger partial charge < -0.3 is 5.32 Å². The quantitative estimate of drug-likeness (QED) is 0.759. The van der Waals surface area contributed by atoms with Gasteiger partial charge in [-0.05, 0) is 43.0 Å². The van der Waals surface area contributed by atoms with E-state index in [-0.39, 0.29) is 11.6 Å². The van der Waals surface area contributed by atoms with Crippen molar-refractivity contribution in [2.75, 3.05) is 19.6 Å². The summed E-state index contributed by atoms with van der Waals surface area (Å²) in [5.41, 5.74) is 4.22. The van der Waals surface area contributed by atoms with Crippen molar-refractivity contribution < 1.29 is 0 Å². The van der Waals surface area contributed by atoms with Gasteiger partial charge in [-0.3, -0.25) is 14.3 Å². The highest BCUT2D eigenvalue weighted by molar-refractivity contribution is 7.18. The Morgan fingerprint density at radius 1 is 1.26 bits per heavy atom. The first-order chi connectivity index (χ1) is 13.2. The number of fused-ring (bicyclic) bond motifs is 4. The molecular formula is C21H24N4OS. The molecule has 140 valence electrons. The molecular weight excluding hydrogens is 356 g/mol. The maximum atomic E-state index is 13.2. The minimum absolute atomic E-state index is 0.108. The van der Waals surface area contributed by atoms with Crippen molar-refractivity contribution in [1.29, 1.82) is 0 Å². The van der Waals surface area contributed by atoms with Gasteiger partial charge in [0.1, 0.15) is 4.83 Å². The standard InChI is InChI=1S/C21H24N4OS/c1-14(11-24-9-7-15-4-2-3-5-16(15)12-24)25-13-23-20-19(21(25)26)17-6-8-22-10-18(17)27-20/h2-5,13-14,22H,6-12H2,1H3/t14-/m1/s1. The molecule has 0 spiro atoms. The Labute approximate surface area is 162 Å². The van der Waals surface area contributed by atoms with Crippen molar-refractivity contribution in [3.05, 3.63) is 62.5 Å². The molecule has 4 heterocycles. The summed E-state index contributed by atoms with van der Waals surface area (Å²) in [6, 6.07) is 8.79. The topological polar surface area (TPSA) is 50.2 Å². The first-order valence-electron chi connectivity index (χ1n) is 9.72. The van der Waals surface area contributed by atoms with E-state index in [0.29, 0.717) is 0 Å². The Morgan fingerprint density at radius 3 is 3.00 bits per heavy atom. The molecule has 5 rings (SSSR count). The minimum atomic E-state index is 0.108. The molecule has 0 saturated carbocycles. The monoisotopic (exact) mass is 380 g/mol. The number of rotatable bonds is 3. The fourth-order valence-corrected chi connectivity index (χ4v) is 5.56. The summed E-state index contributed by atoms with van der Waals surface area (Å²) in [5.74, 6) is 0. The van der Waals surface area contributed by atoms with Crippen LogP contribution in [0, 0.1) is 0 Å². The second kappa shape index (κ2) is 6.86. The summed E-state index contributed by atoms with van der Waals surface area (Å²) >= 11 is 1.66. The van der Waals surface area contributed by atoms with Crippen LogP contribution in [0.5, 0.6) is 0 Å². The average molecular weight is 381 g/mol. The third-order valence-corrected chi connectivity index (χ3v) is 7.00. The summed E-state index contributed by atoms with van der Waals surface area (Å²) in [6.07, 6.45) is 3.76. The number of hydrogen-bond acceptors (Lipinski definition) is 5. The van der Waals surface area contributed by atoms with E-state index in [1.165, 1.54) is 21.6 Å². The summed E-state index contributed by atoms with van der Waals surface area (Å²) in [6.45, 7) is 6.81. The number of nitrogens with zero attached hydrogens (tertiary/aromatic N) is 3. The molecule has 0 unspecified atom stereocenters. The Balaban J connectivity index is 1.42. The zero-order chi connectivity index (χ0) is 18.4. The molecule has 1 atom stereocenters. The fraction of sp³-hybridized carbons (Fsp3) is 0.429. The number of hydrogen-bond donors (Lipinski definition) is 1. The molecule has 2 aliphatic rings. The molecule has 1 aromatic carbocycles. The fourth-order valence-electron chi connectivity index (χ4n) is 4.41. The van der Waals surface area contributed by atoms with Crippen LogP contribution >= 0.6 is 11.3 Å². The zero-order valence-electron chi connectivity index (χ0n) is 15.6. The van der Waals surface area contributed by atoms with Gasteiger partial charge in [-0.25, -0.2) is 4.98 Å². The van der Waals surface area contributed by atoms with Gasteiger partial charge in [-0.1, -0.05) is 24.3 Å². The Hall–Kier alpha value is -2.02. The second-order valence-electron chi connectivity index (χ2n) is 7.67. The molecule has 2 aromatic heterocycles. The highest BCUT2D eigenvalue weighted by atomic mass is 32.1. The van der Waals surface area contributed by atoms with Crippen LogP contribution in [-0.4, -0.2) is 34.1 Å². The first-order valence-corrected chi connectivity index (χ1v) is 10.5. The van der Waals surface area contributed by atoms with Crippen molar-refractivity contribution >= 4 is 21.6 Å². The third-order valence-electron chi connectivity index (χ3n) is 5.86. The van der Waals surface area contributed by atoms with E-state index < -0.39 is 0 Å². The predicted octanol–water partition coefficient (Wildman–Crippen LogP) is 2.72. The molecule has 27 heavy (non-hydrogen) atoms. The highest BCUT2D eigenvalue weighted by Crippen LogP contribution is 2.30. The lowest BCUT2D eigenvalue weighted by Gasteiger charge is -2.31. The molecule has 5 nitrogen and oxygen atoms in total. The lowest BCUT2D eigenvalue weighted by Crippen LogP contribution is -2.37. The van der Waals surface area contributed by atoms with E-state index in [1.807, 2.05) is 4.57 Å². The van der Waals surface area contributed by atoms with Crippen molar-refractivity contribution in [2.45, 2.75) is 38.9 Å². The molecule has 0 aliphatic carbocycles. The molecule has 0 amide bonds. The van der Waals surface area contributed by atoms with Gasteiger partial charge in [0.25, 0.3) is 5.56 Å². The van der Waals surface area contributed by atoms with Crippen molar-refractivity contribution in [1.82, 2.24) is 19.8 Å². The normalized spacial score (nSPS) is 18.3. The average Bonchev–Trinajstić information content (AvgIpc) is 3.07.